The molecule has 1 fully saturated rings. The number of hydrogen-bond acceptors (Lipinski definition) is 6. The monoisotopic (exact) mass is 441 g/mol. The summed E-state index contributed by atoms with van der Waals surface area (Å²) >= 11 is 0. The zero-order valence-electron chi connectivity index (χ0n) is 18.1. The number of aliphatic imine (C=N–C) groups is 1. The van der Waals surface area contributed by atoms with Crippen LogP contribution < -0.4 is 32.7 Å². The number of amides is 3. The lowest BCUT2D eigenvalue weighted by atomic mass is 10.0. The molecule has 1 saturated heterocycles. The Labute approximate surface area is 182 Å². The Balaban J connectivity index is 2.60. The smallest absolute Gasteiger partial charge is 0.326 e. The highest BCUT2D eigenvalue weighted by atomic mass is 16.4. The topological polar surface area (TPSA) is 201 Å². The average molecular weight is 442 g/mol. The first-order chi connectivity index (χ1) is 14.6. The SMILES string of the molecule is CC(C)C[C@H](NC(=O)CNC(=O)[C@@H]1CCCN1)C(=O)N[C@@H](CCCN=C(N)N)C(=O)O. The summed E-state index contributed by atoms with van der Waals surface area (Å²) in [4.78, 5) is 52.2. The molecule has 0 unspecified atom stereocenters. The first kappa shape index (κ1) is 26.1. The third kappa shape index (κ3) is 10.6. The second-order valence-electron chi connectivity index (χ2n) is 7.96. The predicted molar refractivity (Wildman–Crippen MR) is 115 cm³/mol. The van der Waals surface area contributed by atoms with Gasteiger partial charge in [0.1, 0.15) is 12.1 Å². The van der Waals surface area contributed by atoms with Crippen LogP contribution in [-0.2, 0) is 19.2 Å². The molecule has 0 aliphatic carbocycles. The van der Waals surface area contributed by atoms with E-state index in [1.165, 1.54) is 0 Å². The van der Waals surface area contributed by atoms with Crippen LogP contribution in [0, 0.1) is 5.92 Å². The molecular formula is C19H35N7O5. The number of hydrogen-bond donors (Lipinski definition) is 7. The van der Waals surface area contributed by atoms with Crippen molar-refractivity contribution in [2.75, 3.05) is 19.6 Å². The van der Waals surface area contributed by atoms with Gasteiger partial charge < -0.3 is 37.8 Å². The van der Waals surface area contributed by atoms with Crippen LogP contribution >= 0.6 is 0 Å². The number of carbonyl (C=O) groups is 4. The van der Waals surface area contributed by atoms with E-state index in [4.69, 9.17) is 11.5 Å². The third-order valence-electron chi connectivity index (χ3n) is 4.72. The van der Waals surface area contributed by atoms with Crippen LogP contribution in [0.15, 0.2) is 4.99 Å². The molecule has 0 radical (unpaired) electrons. The standard InChI is InChI=1S/C19H35N7O5/c1-11(2)9-14(25-15(27)10-24-16(28)12-5-3-7-22-12)17(29)26-13(18(30)31)6-4-8-23-19(20)21/h11-14,22H,3-10H2,1-2H3,(H,24,28)(H,25,27)(H,26,29)(H,30,31)(H4,20,21,23)/t12-,13-,14-/m0/s1. The van der Waals surface area contributed by atoms with E-state index >= 15 is 0 Å². The van der Waals surface area contributed by atoms with E-state index in [1.807, 2.05) is 13.8 Å². The maximum absolute atomic E-state index is 12.7. The summed E-state index contributed by atoms with van der Waals surface area (Å²) in [5.41, 5.74) is 10.5. The molecule has 0 aromatic heterocycles. The molecule has 9 N–H and O–H groups in total. The van der Waals surface area contributed by atoms with Gasteiger partial charge in [0.05, 0.1) is 12.6 Å². The van der Waals surface area contributed by atoms with E-state index in [0.29, 0.717) is 19.3 Å². The molecular weight excluding hydrogens is 406 g/mol. The number of carboxylic acids is 1. The van der Waals surface area contributed by atoms with E-state index in [0.717, 1.165) is 13.0 Å². The summed E-state index contributed by atoms with van der Waals surface area (Å²) in [6, 6.07) is -2.37. The molecule has 3 atom stereocenters. The van der Waals surface area contributed by atoms with Gasteiger partial charge in [0.15, 0.2) is 5.96 Å². The lowest BCUT2D eigenvalue weighted by molar-refractivity contribution is -0.142. The van der Waals surface area contributed by atoms with Gasteiger partial charge in [-0.15, -0.1) is 0 Å². The summed E-state index contributed by atoms with van der Waals surface area (Å²) in [5.74, 6) is -2.59. The fourth-order valence-corrected chi connectivity index (χ4v) is 3.18. The minimum absolute atomic E-state index is 0.0680. The zero-order chi connectivity index (χ0) is 23.4. The Morgan fingerprint density at radius 2 is 1.87 bits per heavy atom. The van der Waals surface area contributed by atoms with E-state index in [9.17, 15) is 24.3 Å². The molecule has 0 aromatic rings. The molecule has 1 heterocycles. The van der Waals surface area contributed by atoms with Crippen LogP contribution in [0.3, 0.4) is 0 Å². The van der Waals surface area contributed by atoms with Crippen molar-refractivity contribution in [1.82, 2.24) is 21.3 Å². The Bertz CT molecular complexity index is 658. The van der Waals surface area contributed by atoms with E-state index in [-0.39, 0.29) is 43.3 Å². The molecule has 1 aliphatic heterocycles. The van der Waals surface area contributed by atoms with E-state index in [2.05, 4.69) is 26.3 Å². The van der Waals surface area contributed by atoms with Gasteiger partial charge in [0.25, 0.3) is 0 Å². The summed E-state index contributed by atoms with van der Waals surface area (Å²) in [6.45, 7) is 4.49. The fourth-order valence-electron chi connectivity index (χ4n) is 3.18. The number of carboxylic acid groups (broad SMARTS) is 1. The number of nitrogens with two attached hydrogens (primary N) is 2. The maximum Gasteiger partial charge on any atom is 0.326 e. The largest absolute Gasteiger partial charge is 0.480 e. The van der Waals surface area contributed by atoms with Crippen molar-refractivity contribution in [1.29, 1.82) is 0 Å². The van der Waals surface area contributed by atoms with Gasteiger partial charge >= 0.3 is 5.97 Å². The highest BCUT2D eigenvalue weighted by Crippen LogP contribution is 2.07. The summed E-state index contributed by atoms with van der Waals surface area (Å²) in [7, 11) is 0. The van der Waals surface area contributed by atoms with Gasteiger partial charge in [0.2, 0.25) is 17.7 Å². The lowest BCUT2D eigenvalue weighted by Gasteiger charge is -2.23. The van der Waals surface area contributed by atoms with Crippen molar-refractivity contribution in [3.63, 3.8) is 0 Å². The number of rotatable bonds is 13. The Kier molecular flexibility index (Phi) is 11.3. The fraction of sp³-hybridized carbons (Fsp3) is 0.737. The predicted octanol–water partition coefficient (Wildman–Crippen LogP) is -1.99. The Morgan fingerprint density at radius 1 is 1.16 bits per heavy atom. The van der Waals surface area contributed by atoms with Crippen LogP contribution in [0.2, 0.25) is 0 Å². The van der Waals surface area contributed by atoms with E-state index in [1.54, 1.807) is 0 Å². The minimum Gasteiger partial charge on any atom is -0.480 e. The van der Waals surface area contributed by atoms with Gasteiger partial charge in [-0.3, -0.25) is 19.4 Å². The molecule has 0 spiro atoms. The van der Waals surface area contributed by atoms with Gasteiger partial charge in [-0.05, 0) is 44.6 Å². The van der Waals surface area contributed by atoms with Crippen LogP contribution in [0.4, 0.5) is 0 Å². The van der Waals surface area contributed by atoms with Crippen molar-refractivity contribution < 1.29 is 24.3 Å². The molecule has 31 heavy (non-hydrogen) atoms. The van der Waals surface area contributed by atoms with Crippen LogP contribution in [0.25, 0.3) is 0 Å². The normalized spacial score (nSPS) is 17.5. The highest BCUT2D eigenvalue weighted by Gasteiger charge is 2.27. The molecule has 0 saturated carbocycles. The molecule has 12 heteroatoms. The zero-order valence-corrected chi connectivity index (χ0v) is 18.1. The van der Waals surface area contributed by atoms with Gasteiger partial charge in [0, 0.05) is 6.54 Å². The van der Waals surface area contributed by atoms with Gasteiger partial charge in [-0.2, -0.15) is 0 Å². The summed E-state index contributed by atoms with van der Waals surface area (Å²) < 4.78 is 0. The lowest BCUT2D eigenvalue weighted by Crippen LogP contribution is -2.54. The van der Waals surface area contributed by atoms with Gasteiger partial charge in [-0.1, -0.05) is 13.8 Å². The minimum atomic E-state index is -1.19. The molecule has 1 aliphatic rings. The molecule has 176 valence electrons. The molecule has 12 nitrogen and oxygen atoms in total. The Morgan fingerprint density at radius 3 is 2.42 bits per heavy atom. The Hall–Kier alpha value is -2.89. The van der Waals surface area contributed by atoms with Crippen LogP contribution in [0.5, 0.6) is 0 Å². The molecule has 1 rings (SSSR count). The number of guanidine groups is 1. The number of carbonyl (C=O) groups excluding carboxylic acids is 3. The highest BCUT2D eigenvalue weighted by molar-refractivity contribution is 5.92. The molecule has 0 bridgehead atoms. The maximum atomic E-state index is 12.7. The van der Waals surface area contributed by atoms with Crippen LogP contribution in [-0.4, -0.2) is 72.5 Å². The average Bonchev–Trinajstić information content (AvgIpc) is 3.22. The second-order valence-corrected chi connectivity index (χ2v) is 7.96. The second kappa shape index (κ2) is 13.4. The summed E-state index contributed by atoms with van der Waals surface area (Å²) in [5, 5.41) is 20.0. The van der Waals surface area contributed by atoms with Crippen molar-refractivity contribution in [2.45, 2.75) is 64.1 Å². The van der Waals surface area contributed by atoms with Gasteiger partial charge in [-0.25, -0.2) is 4.79 Å². The van der Waals surface area contributed by atoms with Crippen LogP contribution in [0.1, 0.15) is 46.0 Å². The summed E-state index contributed by atoms with van der Waals surface area (Å²) in [6.07, 6.45) is 2.42. The van der Waals surface area contributed by atoms with Crippen molar-refractivity contribution in [3.8, 4) is 0 Å². The quantitative estimate of drug-likeness (QED) is 0.0966. The van der Waals surface area contributed by atoms with Crippen molar-refractivity contribution in [2.24, 2.45) is 22.4 Å². The number of aliphatic carboxylic acids is 1. The first-order valence-electron chi connectivity index (χ1n) is 10.5. The van der Waals surface area contributed by atoms with E-state index < -0.39 is 29.9 Å². The van der Waals surface area contributed by atoms with Crippen molar-refractivity contribution in [3.05, 3.63) is 0 Å². The molecule has 0 aromatic carbocycles. The number of nitrogens with zero attached hydrogens (tertiary/aromatic N) is 1. The third-order valence-corrected chi connectivity index (χ3v) is 4.72. The molecule has 3 amide bonds. The first-order valence-corrected chi connectivity index (χ1v) is 10.5. The van der Waals surface area contributed by atoms with Crippen molar-refractivity contribution >= 4 is 29.7 Å². The number of nitrogens with one attached hydrogen (secondary N) is 4.